The predicted molar refractivity (Wildman–Crippen MR) is 62.1 cm³/mol. The van der Waals surface area contributed by atoms with Crippen LogP contribution in [-0.4, -0.2) is 34.0 Å². The van der Waals surface area contributed by atoms with Gasteiger partial charge in [0.25, 0.3) is 0 Å². The first-order valence-electron chi connectivity index (χ1n) is 5.62. The second-order valence-electron chi connectivity index (χ2n) is 4.19. The quantitative estimate of drug-likeness (QED) is 0.634. The molecule has 94 valence electrons. The Kier molecular flexibility index (Phi) is 3.28. The van der Waals surface area contributed by atoms with Crippen molar-refractivity contribution in [1.82, 2.24) is 9.78 Å². The minimum Gasteiger partial charge on any atom is -0.381 e. The summed E-state index contributed by atoms with van der Waals surface area (Å²) in [6, 6.07) is 0.220. The maximum Gasteiger partial charge on any atom is 0.333 e. The summed E-state index contributed by atoms with van der Waals surface area (Å²) in [7, 11) is 1.71. The second-order valence-corrected chi connectivity index (χ2v) is 4.19. The third-order valence-corrected chi connectivity index (χ3v) is 2.94. The molecular weight excluding hydrogens is 224 g/mol. The zero-order valence-corrected chi connectivity index (χ0v) is 9.97. The molecule has 17 heavy (non-hydrogen) atoms. The Balaban J connectivity index is 2.21. The van der Waals surface area contributed by atoms with E-state index in [4.69, 9.17) is 4.74 Å². The molecule has 7 heteroatoms. The van der Waals surface area contributed by atoms with Gasteiger partial charge >= 0.3 is 5.69 Å². The Morgan fingerprint density at radius 1 is 1.53 bits per heavy atom. The minimum absolute atomic E-state index is 0.0685. The Morgan fingerprint density at radius 2 is 2.18 bits per heavy atom. The number of aryl methyl sites for hydroxylation is 2. The van der Waals surface area contributed by atoms with Gasteiger partial charge in [0.05, 0.1) is 4.92 Å². The van der Waals surface area contributed by atoms with Gasteiger partial charge in [0, 0.05) is 26.3 Å². The molecule has 0 saturated carbocycles. The number of nitrogens with zero attached hydrogens (tertiary/aromatic N) is 3. The zero-order valence-electron chi connectivity index (χ0n) is 9.97. The van der Waals surface area contributed by atoms with Gasteiger partial charge in [-0.2, -0.15) is 5.10 Å². The van der Waals surface area contributed by atoms with E-state index >= 15 is 0 Å². The third kappa shape index (κ3) is 2.38. The first-order chi connectivity index (χ1) is 8.09. The van der Waals surface area contributed by atoms with Gasteiger partial charge < -0.3 is 10.1 Å². The lowest BCUT2D eigenvalue weighted by molar-refractivity contribution is -0.384. The SMILES string of the molecule is Cc1nn(C)c(NC2CCOCC2)c1[N+](=O)[O-]. The Labute approximate surface area is 98.9 Å². The molecule has 1 N–H and O–H groups in total. The van der Waals surface area contributed by atoms with Crippen LogP contribution < -0.4 is 5.32 Å². The van der Waals surface area contributed by atoms with Crippen LogP contribution in [0.15, 0.2) is 0 Å². The lowest BCUT2D eigenvalue weighted by Crippen LogP contribution is -2.29. The van der Waals surface area contributed by atoms with Gasteiger partial charge in [-0.15, -0.1) is 0 Å². The van der Waals surface area contributed by atoms with Crippen molar-refractivity contribution in [2.75, 3.05) is 18.5 Å². The average molecular weight is 240 g/mol. The Bertz CT molecular complexity index is 423. The number of rotatable bonds is 3. The maximum absolute atomic E-state index is 11.0. The average Bonchev–Trinajstić information content (AvgIpc) is 2.55. The number of ether oxygens (including phenoxy) is 1. The van der Waals surface area contributed by atoms with Crippen LogP contribution in [0.5, 0.6) is 0 Å². The van der Waals surface area contributed by atoms with E-state index < -0.39 is 0 Å². The van der Waals surface area contributed by atoms with Crippen LogP contribution in [0.25, 0.3) is 0 Å². The molecule has 7 nitrogen and oxygen atoms in total. The number of nitrogens with one attached hydrogen (secondary N) is 1. The van der Waals surface area contributed by atoms with Crippen LogP contribution in [0.2, 0.25) is 0 Å². The van der Waals surface area contributed by atoms with Crippen molar-refractivity contribution >= 4 is 11.5 Å². The van der Waals surface area contributed by atoms with Crippen molar-refractivity contribution in [1.29, 1.82) is 0 Å². The first kappa shape index (κ1) is 11.8. The summed E-state index contributed by atoms with van der Waals surface area (Å²) in [5.41, 5.74) is 0.506. The van der Waals surface area contributed by atoms with Crippen LogP contribution in [0.3, 0.4) is 0 Å². The Morgan fingerprint density at radius 3 is 2.76 bits per heavy atom. The molecule has 0 radical (unpaired) electrons. The van der Waals surface area contributed by atoms with E-state index in [0.717, 1.165) is 12.8 Å². The third-order valence-electron chi connectivity index (χ3n) is 2.94. The van der Waals surface area contributed by atoms with Crippen LogP contribution in [0.4, 0.5) is 11.5 Å². The van der Waals surface area contributed by atoms with Gasteiger partial charge in [-0.1, -0.05) is 0 Å². The van der Waals surface area contributed by atoms with Gasteiger partial charge in [0.1, 0.15) is 5.69 Å². The fourth-order valence-corrected chi connectivity index (χ4v) is 2.06. The maximum atomic E-state index is 11.0. The standard InChI is InChI=1S/C10H16N4O3/c1-7-9(14(15)16)10(13(2)12-7)11-8-3-5-17-6-4-8/h8,11H,3-6H2,1-2H3. The number of hydrogen-bond acceptors (Lipinski definition) is 5. The highest BCUT2D eigenvalue weighted by Crippen LogP contribution is 2.28. The van der Waals surface area contributed by atoms with Gasteiger partial charge in [0.2, 0.25) is 5.82 Å². The summed E-state index contributed by atoms with van der Waals surface area (Å²) < 4.78 is 6.78. The normalized spacial score (nSPS) is 17.1. The predicted octanol–water partition coefficient (Wildman–Crippen LogP) is 1.23. The molecular formula is C10H16N4O3. The van der Waals surface area contributed by atoms with E-state index in [0.29, 0.717) is 24.7 Å². The molecule has 2 heterocycles. The molecule has 0 amide bonds. The molecule has 0 aliphatic carbocycles. The van der Waals surface area contributed by atoms with E-state index in [9.17, 15) is 10.1 Å². The smallest absolute Gasteiger partial charge is 0.333 e. The van der Waals surface area contributed by atoms with Crippen molar-refractivity contribution in [2.45, 2.75) is 25.8 Å². The van der Waals surface area contributed by atoms with E-state index in [-0.39, 0.29) is 16.7 Å². The molecule has 0 bridgehead atoms. The van der Waals surface area contributed by atoms with Crippen molar-refractivity contribution in [3.8, 4) is 0 Å². The highest BCUT2D eigenvalue weighted by molar-refractivity contribution is 5.59. The number of anilines is 1. The summed E-state index contributed by atoms with van der Waals surface area (Å²) >= 11 is 0. The summed E-state index contributed by atoms with van der Waals surface area (Å²) in [6.45, 7) is 3.04. The molecule has 0 unspecified atom stereocenters. The van der Waals surface area contributed by atoms with Gasteiger partial charge in [-0.05, 0) is 19.8 Å². The van der Waals surface area contributed by atoms with Crippen molar-refractivity contribution < 1.29 is 9.66 Å². The second kappa shape index (κ2) is 4.70. The summed E-state index contributed by atoms with van der Waals surface area (Å²) in [4.78, 5) is 10.6. The molecule has 1 aliphatic rings. The van der Waals surface area contributed by atoms with Crippen LogP contribution in [0, 0.1) is 17.0 Å². The summed E-state index contributed by atoms with van der Waals surface area (Å²) in [5.74, 6) is 0.486. The molecule has 1 fully saturated rings. The molecule has 1 aliphatic heterocycles. The molecule has 0 aromatic carbocycles. The van der Waals surface area contributed by atoms with Crippen LogP contribution >= 0.6 is 0 Å². The summed E-state index contributed by atoms with van der Waals surface area (Å²) in [6.07, 6.45) is 1.72. The zero-order chi connectivity index (χ0) is 12.4. The first-order valence-corrected chi connectivity index (χ1v) is 5.62. The number of hydrogen-bond donors (Lipinski definition) is 1. The fraction of sp³-hybridized carbons (Fsp3) is 0.700. The largest absolute Gasteiger partial charge is 0.381 e. The van der Waals surface area contributed by atoms with E-state index in [2.05, 4.69) is 10.4 Å². The van der Waals surface area contributed by atoms with E-state index in [1.807, 2.05) is 0 Å². The highest BCUT2D eigenvalue weighted by Gasteiger charge is 2.26. The fourth-order valence-electron chi connectivity index (χ4n) is 2.06. The lowest BCUT2D eigenvalue weighted by atomic mass is 10.1. The van der Waals surface area contributed by atoms with Gasteiger partial charge in [-0.3, -0.25) is 10.1 Å². The van der Waals surface area contributed by atoms with Crippen molar-refractivity contribution in [3.05, 3.63) is 15.8 Å². The van der Waals surface area contributed by atoms with Crippen LogP contribution in [0.1, 0.15) is 18.5 Å². The molecule has 1 saturated heterocycles. The van der Waals surface area contributed by atoms with E-state index in [1.165, 1.54) is 4.68 Å². The number of nitro groups is 1. The van der Waals surface area contributed by atoms with E-state index in [1.54, 1.807) is 14.0 Å². The minimum atomic E-state index is -0.385. The van der Waals surface area contributed by atoms with Gasteiger partial charge in [-0.25, -0.2) is 4.68 Å². The Hall–Kier alpha value is -1.63. The lowest BCUT2D eigenvalue weighted by Gasteiger charge is -2.23. The highest BCUT2D eigenvalue weighted by atomic mass is 16.6. The van der Waals surface area contributed by atoms with Crippen LogP contribution in [-0.2, 0) is 11.8 Å². The molecule has 0 atom stereocenters. The van der Waals surface area contributed by atoms with Crippen molar-refractivity contribution in [2.24, 2.45) is 7.05 Å². The van der Waals surface area contributed by atoms with Gasteiger partial charge in [0.15, 0.2) is 0 Å². The molecule has 0 spiro atoms. The summed E-state index contributed by atoms with van der Waals surface area (Å²) in [5, 5.41) is 18.3. The van der Waals surface area contributed by atoms with Crippen molar-refractivity contribution in [3.63, 3.8) is 0 Å². The molecule has 1 aromatic rings. The number of aromatic nitrogens is 2. The molecule has 2 rings (SSSR count). The monoisotopic (exact) mass is 240 g/mol. The molecule has 1 aromatic heterocycles. The topological polar surface area (TPSA) is 82.2 Å².